The maximum Gasteiger partial charge on any atom is 0.164 e. The number of nitrogens with zero attached hydrogens (tertiary/aromatic N) is 1. The third-order valence-electron chi connectivity index (χ3n) is 3.40. The second-order valence-corrected chi connectivity index (χ2v) is 8.17. The minimum Gasteiger partial charge on any atom is -0.379 e. The Morgan fingerprint density at radius 2 is 2.24 bits per heavy atom. The molecule has 2 aliphatic heterocycles. The Kier molecular flexibility index (Phi) is 4.35. The maximum absolute atomic E-state index is 11.7. The number of hydrogen-bond acceptors (Lipinski definition) is 6. The van der Waals surface area contributed by atoms with E-state index in [2.05, 4.69) is 4.90 Å². The lowest BCUT2D eigenvalue weighted by molar-refractivity contribution is 0.165. The van der Waals surface area contributed by atoms with Crippen LogP contribution in [0.2, 0.25) is 0 Å². The van der Waals surface area contributed by atoms with Gasteiger partial charge in [-0.05, 0) is 0 Å². The molecule has 5 nitrogen and oxygen atoms in total. The Morgan fingerprint density at radius 3 is 2.82 bits per heavy atom. The van der Waals surface area contributed by atoms with Crippen molar-refractivity contribution in [2.45, 2.75) is 11.4 Å². The molecule has 0 aromatic rings. The van der Waals surface area contributed by atoms with Gasteiger partial charge in [0.15, 0.2) is 9.84 Å². The van der Waals surface area contributed by atoms with Gasteiger partial charge in [0.25, 0.3) is 0 Å². The summed E-state index contributed by atoms with van der Waals surface area (Å²) in [4.78, 5) is 2.06. The minimum atomic E-state index is -3.01. The van der Waals surface area contributed by atoms with Crippen LogP contribution in [0.15, 0.2) is 0 Å². The monoisotopic (exact) mass is 280 g/mol. The second kappa shape index (κ2) is 5.44. The molecule has 2 fully saturated rings. The molecule has 2 rings (SSSR count). The van der Waals surface area contributed by atoms with Gasteiger partial charge in [0.2, 0.25) is 0 Å². The average molecular weight is 280 g/mol. The molecule has 100 valence electrons. The standard InChI is InChI=1S/C10H20N2O3S2/c1-17(13,14)10-7-16-3-2-12(10)4-8-5-15-6-9(8)11/h8-10H,2-7,11H2,1H3. The molecule has 0 amide bonds. The minimum absolute atomic E-state index is 0.0461. The molecule has 7 heteroatoms. The number of ether oxygens (including phenoxy) is 1. The first-order valence-electron chi connectivity index (χ1n) is 5.82. The van der Waals surface area contributed by atoms with E-state index >= 15 is 0 Å². The second-order valence-electron chi connectivity index (χ2n) is 4.82. The van der Waals surface area contributed by atoms with Crippen molar-refractivity contribution in [3.63, 3.8) is 0 Å². The number of rotatable bonds is 3. The third-order valence-corrected chi connectivity index (χ3v) is 6.09. The van der Waals surface area contributed by atoms with Crippen LogP contribution in [0.4, 0.5) is 0 Å². The molecule has 0 aromatic carbocycles. The highest BCUT2D eigenvalue weighted by molar-refractivity contribution is 8.00. The zero-order valence-electron chi connectivity index (χ0n) is 10.0. The largest absolute Gasteiger partial charge is 0.379 e. The van der Waals surface area contributed by atoms with E-state index in [0.29, 0.717) is 19.0 Å². The number of sulfone groups is 1. The van der Waals surface area contributed by atoms with Gasteiger partial charge in [-0.15, -0.1) is 0 Å². The van der Waals surface area contributed by atoms with E-state index in [1.54, 1.807) is 11.8 Å². The molecule has 3 atom stereocenters. The molecule has 0 aromatic heterocycles. The van der Waals surface area contributed by atoms with E-state index in [1.807, 2.05) is 0 Å². The van der Waals surface area contributed by atoms with E-state index in [9.17, 15) is 8.42 Å². The van der Waals surface area contributed by atoms with Gasteiger partial charge >= 0.3 is 0 Å². The predicted molar refractivity (Wildman–Crippen MR) is 69.8 cm³/mol. The summed E-state index contributed by atoms with van der Waals surface area (Å²) in [6.45, 7) is 2.81. The van der Waals surface area contributed by atoms with Crippen LogP contribution in [-0.4, -0.2) is 68.8 Å². The van der Waals surface area contributed by atoms with Gasteiger partial charge in [0.1, 0.15) is 5.37 Å². The SMILES string of the molecule is CS(=O)(=O)C1CSCCN1CC1COCC1N. The zero-order chi connectivity index (χ0) is 12.5. The normalized spacial score (nSPS) is 36.2. The first kappa shape index (κ1) is 13.6. The lowest BCUT2D eigenvalue weighted by Gasteiger charge is -2.35. The zero-order valence-corrected chi connectivity index (χ0v) is 11.7. The smallest absolute Gasteiger partial charge is 0.164 e. The van der Waals surface area contributed by atoms with Crippen molar-refractivity contribution < 1.29 is 13.2 Å². The van der Waals surface area contributed by atoms with Gasteiger partial charge in [-0.25, -0.2) is 8.42 Å². The summed E-state index contributed by atoms with van der Waals surface area (Å²) in [6.07, 6.45) is 1.32. The van der Waals surface area contributed by atoms with Crippen LogP contribution in [-0.2, 0) is 14.6 Å². The van der Waals surface area contributed by atoms with Crippen molar-refractivity contribution >= 4 is 21.6 Å². The van der Waals surface area contributed by atoms with E-state index in [4.69, 9.17) is 10.5 Å². The van der Waals surface area contributed by atoms with Crippen molar-refractivity contribution in [1.29, 1.82) is 0 Å². The van der Waals surface area contributed by atoms with Gasteiger partial charge in [-0.1, -0.05) is 0 Å². The van der Waals surface area contributed by atoms with E-state index in [0.717, 1.165) is 18.8 Å². The fraction of sp³-hybridized carbons (Fsp3) is 1.00. The van der Waals surface area contributed by atoms with Crippen LogP contribution < -0.4 is 5.73 Å². The molecule has 2 N–H and O–H groups in total. The fourth-order valence-corrected chi connectivity index (χ4v) is 5.28. The quantitative estimate of drug-likeness (QED) is 0.743. The summed E-state index contributed by atoms with van der Waals surface area (Å²) in [6, 6.07) is 0.0461. The predicted octanol–water partition coefficient (Wildman–Crippen LogP) is -0.620. The fourth-order valence-electron chi connectivity index (χ4n) is 2.32. The molecule has 3 unspecified atom stereocenters. The summed E-state index contributed by atoms with van der Waals surface area (Å²) in [5.74, 6) is 1.93. The Hall–Kier alpha value is 0.180. The van der Waals surface area contributed by atoms with Gasteiger partial charge in [-0.3, -0.25) is 4.90 Å². The van der Waals surface area contributed by atoms with Crippen LogP contribution in [0.5, 0.6) is 0 Å². The van der Waals surface area contributed by atoms with E-state index < -0.39 is 9.84 Å². The topological polar surface area (TPSA) is 72.6 Å². The molecule has 0 spiro atoms. The molecular formula is C10H20N2O3S2. The van der Waals surface area contributed by atoms with E-state index in [-0.39, 0.29) is 17.3 Å². The van der Waals surface area contributed by atoms with Crippen molar-refractivity contribution in [2.75, 3.05) is 44.1 Å². The molecule has 0 aliphatic carbocycles. The lowest BCUT2D eigenvalue weighted by Crippen LogP contribution is -2.50. The number of hydrogen-bond donors (Lipinski definition) is 1. The summed E-state index contributed by atoms with van der Waals surface area (Å²) >= 11 is 1.71. The van der Waals surface area contributed by atoms with Gasteiger partial charge in [0.05, 0.1) is 13.2 Å². The van der Waals surface area contributed by atoms with Gasteiger partial charge in [-0.2, -0.15) is 11.8 Å². The Balaban J connectivity index is 2.01. The van der Waals surface area contributed by atoms with E-state index in [1.165, 1.54) is 6.26 Å². The lowest BCUT2D eigenvalue weighted by atomic mass is 10.0. The number of thioether (sulfide) groups is 1. The van der Waals surface area contributed by atoms with Crippen LogP contribution in [0, 0.1) is 5.92 Å². The van der Waals surface area contributed by atoms with Crippen molar-refractivity contribution in [1.82, 2.24) is 4.90 Å². The van der Waals surface area contributed by atoms with Gasteiger partial charge < -0.3 is 10.5 Å². The Labute approximate surface area is 107 Å². The van der Waals surface area contributed by atoms with Crippen LogP contribution in [0.1, 0.15) is 0 Å². The van der Waals surface area contributed by atoms with Crippen LogP contribution in [0.3, 0.4) is 0 Å². The number of nitrogens with two attached hydrogens (primary N) is 1. The van der Waals surface area contributed by atoms with Crippen molar-refractivity contribution in [3.8, 4) is 0 Å². The summed E-state index contributed by atoms with van der Waals surface area (Å²) in [5.41, 5.74) is 5.94. The first-order valence-corrected chi connectivity index (χ1v) is 8.93. The Bertz CT molecular complexity index is 361. The highest BCUT2D eigenvalue weighted by Crippen LogP contribution is 2.23. The molecule has 17 heavy (non-hydrogen) atoms. The average Bonchev–Trinajstić information content (AvgIpc) is 2.64. The molecule has 0 bridgehead atoms. The molecular weight excluding hydrogens is 260 g/mol. The maximum atomic E-state index is 11.7. The van der Waals surface area contributed by atoms with Crippen molar-refractivity contribution in [2.24, 2.45) is 11.7 Å². The molecule has 0 radical (unpaired) electrons. The summed E-state index contributed by atoms with van der Waals surface area (Å²) in [5, 5.41) is -0.353. The van der Waals surface area contributed by atoms with Crippen LogP contribution in [0.25, 0.3) is 0 Å². The molecule has 2 saturated heterocycles. The summed E-state index contributed by atoms with van der Waals surface area (Å²) < 4.78 is 28.8. The third kappa shape index (κ3) is 3.35. The molecule has 0 saturated carbocycles. The summed E-state index contributed by atoms with van der Waals surface area (Å²) in [7, 11) is -3.01. The Morgan fingerprint density at radius 1 is 1.47 bits per heavy atom. The molecule has 2 aliphatic rings. The van der Waals surface area contributed by atoms with Crippen molar-refractivity contribution in [3.05, 3.63) is 0 Å². The highest BCUT2D eigenvalue weighted by atomic mass is 32.2. The van der Waals surface area contributed by atoms with Crippen LogP contribution >= 0.6 is 11.8 Å². The van der Waals surface area contributed by atoms with Gasteiger partial charge in [0, 0.05) is 42.8 Å². The first-order chi connectivity index (χ1) is 7.98. The highest BCUT2D eigenvalue weighted by Gasteiger charge is 2.35. The molecule has 2 heterocycles.